The van der Waals surface area contributed by atoms with Crippen molar-refractivity contribution < 1.29 is 14.3 Å². The van der Waals surface area contributed by atoms with Crippen LogP contribution in [-0.4, -0.2) is 18.5 Å². The van der Waals surface area contributed by atoms with Crippen molar-refractivity contribution in [3.05, 3.63) is 44.5 Å². The van der Waals surface area contributed by atoms with Gasteiger partial charge in [-0.25, -0.2) is 4.79 Å². The maximum Gasteiger partial charge on any atom is 0.341 e. The summed E-state index contributed by atoms with van der Waals surface area (Å²) in [5.41, 5.74) is 1.59. The van der Waals surface area contributed by atoms with Crippen LogP contribution < -0.4 is 5.32 Å². The van der Waals surface area contributed by atoms with E-state index < -0.39 is 0 Å². The molecule has 0 aromatic carbocycles. The lowest BCUT2D eigenvalue weighted by Crippen LogP contribution is -2.13. The van der Waals surface area contributed by atoms with E-state index in [0.717, 1.165) is 29.7 Å². The zero-order valence-corrected chi connectivity index (χ0v) is 14.4. The van der Waals surface area contributed by atoms with Gasteiger partial charge in [-0.05, 0) is 49.3 Å². The van der Waals surface area contributed by atoms with Gasteiger partial charge in [0.1, 0.15) is 5.00 Å². The zero-order chi connectivity index (χ0) is 16.2. The Hall–Kier alpha value is -1.92. The van der Waals surface area contributed by atoms with Gasteiger partial charge in [0.05, 0.1) is 12.2 Å². The van der Waals surface area contributed by atoms with Crippen molar-refractivity contribution in [3.63, 3.8) is 0 Å². The fourth-order valence-corrected chi connectivity index (χ4v) is 4.51. The summed E-state index contributed by atoms with van der Waals surface area (Å²) < 4.78 is 5.15. The van der Waals surface area contributed by atoms with Crippen LogP contribution in [0.4, 0.5) is 5.00 Å². The minimum Gasteiger partial charge on any atom is -0.462 e. The van der Waals surface area contributed by atoms with E-state index in [4.69, 9.17) is 4.74 Å². The molecule has 0 spiro atoms. The van der Waals surface area contributed by atoms with Crippen molar-refractivity contribution in [2.24, 2.45) is 0 Å². The summed E-state index contributed by atoms with van der Waals surface area (Å²) in [6, 6.07) is 3.88. The number of fused-ring (bicyclic) bond motifs is 1. The Bertz CT molecular complexity index is 744. The number of rotatable bonds is 5. The van der Waals surface area contributed by atoms with E-state index in [1.54, 1.807) is 24.3 Å². The fraction of sp³-hybridized carbons (Fsp3) is 0.294. The van der Waals surface area contributed by atoms with Crippen molar-refractivity contribution >= 4 is 45.6 Å². The predicted molar refractivity (Wildman–Crippen MR) is 94.3 cm³/mol. The van der Waals surface area contributed by atoms with Crippen LogP contribution in [0, 0.1) is 0 Å². The molecule has 0 atom stereocenters. The average Bonchev–Trinajstić information content (AvgIpc) is 3.22. The van der Waals surface area contributed by atoms with Gasteiger partial charge in [-0.2, -0.15) is 0 Å². The van der Waals surface area contributed by atoms with Crippen molar-refractivity contribution in [1.82, 2.24) is 0 Å². The first kappa shape index (κ1) is 16.0. The summed E-state index contributed by atoms with van der Waals surface area (Å²) in [5.74, 6) is -0.576. The SMILES string of the molecule is CCOC(=O)c1c(NC(=O)C=Cc2cccs2)sc2c1CCC2. The van der Waals surface area contributed by atoms with Gasteiger partial charge in [0.15, 0.2) is 0 Å². The van der Waals surface area contributed by atoms with Gasteiger partial charge in [0.2, 0.25) is 5.91 Å². The van der Waals surface area contributed by atoms with Crippen molar-refractivity contribution in [1.29, 1.82) is 0 Å². The van der Waals surface area contributed by atoms with Crippen molar-refractivity contribution in [3.8, 4) is 0 Å². The third-order valence-corrected chi connectivity index (χ3v) is 5.62. The number of carbonyl (C=O) groups is 2. The molecule has 1 N–H and O–H groups in total. The second kappa shape index (κ2) is 7.10. The molecule has 23 heavy (non-hydrogen) atoms. The monoisotopic (exact) mass is 347 g/mol. The summed E-state index contributed by atoms with van der Waals surface area (Å²) in [5, 5.41) is 5.40. The fourth-order valence-electron chi connectivity index (χ4n) is 2.61. The van der Waals surface area contributed by atoms with E-state index in [2.05, 4.69) is 5.32 Å². The number of esters is 1. The van der Waals surface area contributed by atoms with Gasteiger partial charge in [0.25, 0.3) is 0 Å². The molecule has 2 aromatic heterocycles. The highest BCUT2D eigenvalue weighted by atomic mass is 32.1. The van der Waals surface area contributed by atoms with Crippen LogP contribution in [0.2, 0.25) is 0 Å². The topological polar surface area (TPSA) is 55.4 Å². The summed E-state index contributed by atoms with van der Waals surface area (Å²) in [4.78, 5) is 26.6. The normalized spacial score (nSPS) is 13.3. The third kappa shape index (κ3) is 3.54. The predicted octanol–water partition coefficient (Wildman–Crippen LogP) is 4.13. The largest absolute Gasteiger partial charge is 0.462 e. The van der Waals surface area contributed by atoms with Crippen LogP contribution >= 0.6 is 22.7 Å². The molecule has 0 radical (unpaired) electrons. The Kier molecular flexibility index (Phi) is 4.93. The Morgan fingerprint density at radius 3 is 3.00 bits per heavy atom. The quantitative estimate of drug-likeness (QED) is 0.654. The van der Waals surface area contributed by atoms with Gasteiger partial charge in [0, 0.05) is 15.8 Å². The van der Waals surface area contributed by atoms with Crippen molar-refractivity contribution in [2.75, 3.05) is 11.9 Å². The van der Waals surface area contributed by atoms with Crippen LogP contribution in [0.15, 0.2) is 23.6 Å². The lowest BCUT2D eigenvalue weighted by atomic mass is 10.1. The van der Waals surface area contributed by atoms with E-state index in [9.17, 15) is 9.59 Å². The summed E-state index contributed by atoms with van der Waals surface area (Å²) >= 11 is 3.06. The van der Waals surface area contributed by atoms with Crippen molar-refractivity contribution in [2.45, 2.75) is 26.2 Å². The summed E-state index contributed by atoms with van der Waals surface area (Å²) in [6.07, 6.45) is 6.16. The van der Waals surface area contributed by atoms with Crippen LogP contribution in [0.1, 0.15) is 39.0 Å². The highest BCUT2D eigenvalue weighted by Crippen LogP contribution is 2.39. The number of anilines is 1. The number of thiophene rings is 2. The number of hydrogen-bond donors (Lipinski definition) is 1. The average molecular weight is 347 g/mol. The molecule has 1 aliphatic rings. The number of carbonyl (C=O) groups excluding carboxylic acids is 2. The molecule has 2 aromatic rings. The molecule has 120 valence electrons. The Labute approximate surface area is 142 Å². The van der Waals surface area contributed by atoms with E-state index in [1.165, 1.54) is 22.3 Å². The molecule has 0 bridgehead atoms. The highest BCUT2D eigenvalue weighted by molar-refractivity contribution is 7.17. The minimum absolute atomic E-state index is 0.233. The zero-order valence-electron chi connectivity index (χ0n) is 12.8. The van der Waals surface area contributed by atoms with Gasteiger partial charge in [-0.3, -0.25) is 4.79 Å². The van der Waals surface area contributed by atoms with Crippen LogP contribution in [0.3, 0.4) is 0 Å². The highest BCUT2D eigenvalue weighted by Gasteiger charge is 2.27. The molecule has 0 aliphatic heterocycles. The molecular formula is C17H17NO3S2. The van der Waals surface area contributed by atoms with Gasteiger partial charge < -0.3 is 10.1 Å². The standard InChI is InChI=1S/C17H17NO3S2/c1-2-21-17(20)15-12-6-3-7-13(12)23-16(15)18-14(19)9-8-11-5-4-10-22-11/h4-5,8-10H,2-3,6-7H2,1H3,(H,18,19). The first-order chi connectivity index (χ1) is 11.2. The lowest BCUT2D eigenvalue weighted by molar-refractivity contribution is -0.111. The van der Waals surface area contributed by atoms with Gasteiger partial charge in [-0.1, -0.05) is 6.07 Å². The molecule has 4 nitrogen and oxygen atoms in total. The van der Waals surface area contributed by atoms with Crippen LogP contribution in [0.25, 0.3) is 6.08 Å². The third-order valence-electron chi connectivity index (χ3n) is 3.58. The second-order valence-corrected chi connectivity index (χ2v) is 7.20. The van der Waals surface area contributed by atoms with Gasteiger partial charge >= 0.3 is 5.97 Å². The van der Waals surface area contributed by atoms with E-state index >= 15 is 0 Å². The summed E-state index contributed by atoms with van der Waals surface area (Å²) in [6.45, 7) is 2.11. The number of amides is 1. The molecule has 1 aliphatic carbocycles. The molecule has 0 saturated carbocycles. The second-order valence-electron chi connectivity index (χ2n) is 5.12. The van der Waals surface area contributed by atoms with Crippen LogP contribution in [0.5, 0.6) is 0 Å². The first-order valence-electron chi connectivity index (χ1n) is 7.53. The maximum atomic E-state index is 12.2. The molecular weight excluding hydrogens is 330 g/mol. The minimum atomic E-state index is -0.343. The lowest BCUT2D eigenvalue weighted by Gasteiger charge is -2.06. The Morgan fingerprint density at radius 2 is 2.26 bits per heavy atom. The Balaban J connectivity index is 1.79. The molecule has 1 amide bonds. The first-order valence-corrected chi connectivity index (χ1v) is 9.23. The van der Waals surface area contributed by atoms with E-state index in [-0.39, 0.29) is 11.9 Å². The number of nitrogens with one attached hydrogen (secondary N) is 1. The van der Waals surface area contributed by atoms with E-state index in [1.807, 2.05) is 17.5 Å². The molecule has 2 heterocycles. The summed E-state index contributed by atoms with van der Waals surface area (Å²) in [7, 11) is 0. The van der Waals surface area contributed by atoms with E-state index in [0.29, 0.717) is 17.2 Å². The molecule has 0 fully saturated rings. The molecule has 0 saturated heterocycles. The molecule has 6 heteroatoms. The molecule has 0 unspecified atom stereocenters. The maximum absolute atomic E-state index is 12.2. The number of ether oxygens (including phenoxy) is 1. The molecule has 3 rings (SSSR count). The number of hydrogen-bond acceptors (Lipinski definition) is 5. The smallest absolute Gasteiger partial charge is 0.341 e. The van der Waals surface area contributed by atoms with Gasteiger partial charge in [-0.15, -0.1) is 22.7 Å². The Morgan fingerprint density at radius 1 is 1.39 bits per heavy atom. The van der Waals surface area contributed by atoms with Crippen LogP contribution in [-0.2, 0) is 22.4 Å². The number of aryl methyl sites for hydroxylation is 1.